The molecule has 3 aromatic carbocycles. The van der Waals surface area contributed by atoms with Crippen LogP contribution >= 0.6 is 0 Å². The minimum atomic E-state index is -0.0716. The zero-order chi connectivity index (χ0) is 21.8. The summed E-state index contributed by atoms with van der Waals surface area (Å²) in [6.45, 7) is 6.48. The molecule has 0 aliphatic carbocycles. The molecule has 0 aliphatic rings. The van der Waals surface area contributed by atoms with Gasteiger partial charge in [-0.2, -0.15) is 0 Å². The van der Waals surface area contributed by atoms with Crippen LogP contribution in [0.2, 0.25) is 0 Å². The molecule has 0 amide bonds. The van der Waals surface area contributed by atoms with Crippen LogP contribution in [0.4, 0.5) is 0 Å². The number of hydrogen-bond acceptors (Lipinski definition) is 3. The molecule has 0 bridgehead atoms. The van der Waals surface area contributed by atoms with Gasteiger partial charge in [0.2, 0.25) is 0 Å². The number of aromatic nitrogens is 1. The summed E-state index contributed by atoms with van der Waals surface area (Å²) in [5, 5.41) is 0.975. The van der Waals surface area contributed by atoms with Gasteiger partial charge in [-0.05, 0) is 50.6 Å². The third-order valence-corrected chi connectivity index (χ3v) is 5.29. The van der Waals surface area contributed by atoms with Gasteiger partial charge in [0.1, 0.15) is 5.75 Å². The van der Waals surface area contributed by atoms with Crippen molar-refractivity contribution < 1.29 is 9.53 Å². The molecule has 154 valence electrons. The van der Waals surface area contributed by atoms with Gasteiger partial charge >= 0.3 is 0 Å². The quantitative estimate of drug-likeness (QED) is 0.260. The second kappa shape index (κ2) is 8.97. The standard InChI is InChI=1S/C28H25NO2/c1-4-31-26-12-8-5-9-21(26)17-18-25(30)27-20(3)29-24-11-7-6-10-23(24)28(27)22-15-13-19(2)14-16-22/h5-18H,4H2,1-3H3. The van der Waals surface area contributed by atoms with Crippen molar-refractivity contribution in [2.45, 2.75) is 20.8 Å². The van der Waals surface area contributed by atoms with Crippen molar-refractivity contribution >= 4 is 22.8 Å². The van der Waals surface area contributed by atoms with Crippen LogP contribution in [-0.2, 0) is 0 Å². The Kier molecular flexibility index (Phi) is 5.94. The number of pyridine rings is 1. The highest BCUT2D eigenvalue weighted by molar-refractivity contribution is 6.16. The normalized spacial score (nSPS) is 11.2. The Bertz CT molecular complexity index is 1270. The van der Waals surface area contributed by atoms with Crippen LogP contribution in [0.5, 0.6) is 5.75 Å². The lowest BCUT2D eigenvalue weighted by atomic mass is 9.91. The Labute approximate surface area is 183 Å². The molecular formula is C28H25NO2. The first-order valence-corrected chi connectivity index (χ1v) is 10.5. The second-order valence-electron chi connectivity index (χ2n) is 7.50. The van der Waals surface area contributed by atoms with Gasteiger partial charge in [-0.3, -0.25) is 9.78 Å². The Hall–Kier alpha value is -3.72. The first kappa shape index (κ1) is 20.5. The zero-order valence-electron chi connectivity index (χ0n) is 18.1. The van der Waals surface area contributed by atoms with E-state index < -0.39 is 0 Å². The number of benzene rings is 3. The van der Waals surface area contributed by atoms with Crippen molar-refractivity contribution in [3.8, 4) is 16.9 Å². The van der Waals surface area contributed by atoms with Gasteiger partial charge in [0, 0.05) is 22.2 Å². The van der Waals surface area contributed by atoms with E-state index in [1.54, 1.807) is 6.08 Å². The molecule has 3 nitrogen and oxygen atoms in total. The summed E-state index contributed by atoms with van der Waals surface area (Å²) in [5.41, 5.74) is 6.24. The Balaban J connectivity index is 1.85. The highest BCUT2D eigenvalue weighted by Gasteiger charge is 2.19. The smallest absolute Gasteiger partial charge is 0.188 e. The fourth-order valence-electron chi connectivity index (χ4n) is 3.81. The number of fused-ring (bicyclic) bond motifs is 1. The molecule has 0 saturated carbocycles. The molecule has 4 aromatic rings. The van der Waals surface area contributed by atoms with Crippen molar-refractivity contribution in [3.05, 3.63) is 101 Å². The van der Waals surface area contributed by atoms with E-state index in [2.05, 4.69) is 31.2 Å². The molecule has 0 aliphatic heterocycles. The molecule has 1 heterocycles. The summed E-state index contributed by atoms with van der Waals surface area (Å²) in [5.74, 6) is 0.693. The average Bonchev–Trinajstić information content (AvgIpc) is 2.78. The number of hydrogen-bond donors (Lipinski definition) is 0. The third kappa shape index (κ3) is 4.26. The Morgan fingerprint density at radius 2 is 1.65 bits per heavy atom. The van der Waals surface area contributed by atoms with Crippen molar-refractivity contribution in [2.75, 3.05) is 6.61 Å². The van der Waals surface area contributed by atoms with E-state index in [-0.39, 0.29) is 5.78 Å². The average molecular weight is 408 g/mol. The molecule has 0 unspecified atom stereocenters. The number of aryl methyl sites for hydroxylation is 2. The number of rotatable bonds is 6. The van der Waals surface area contributed by atoms with E-state index in [4.69, 9.17) is 9.72 Å². The van der Waals surface area contributed by atoms with Crippen LogP contribution in [0, 0.1) is 13.8 Å². The van der Waals surface area contributed by atoms with Crippen molar-refractivity contribution in [3.63, 3.8) is 0 Å². The van der Waals surface area contributed by atoms with Crippen LogP contribution in [0.1, 0.15) is 34.1 Å². The molecule has 4 rings (SSSR count). The number of allylic oxidation sites excluding steroid dienone is 1. The Morgan fingerprint density at radius 1 is 0.935 bits per heavy atom. The first-order valence-electron chi connectivity index (χ1n) is 10.5. The van der Waals surface area contributed by atoms with Gasteiger partial charge in [0.25, 0.3) is 0 Å². The zero-order valence-corrected chi connectivity index (χ0v) is 18.1. The van der Waals surface area contributed by atoms with Crippen LogP contribution in [0.15, 0.2) is 78.9 Å². The monoisotopic (exact) mass is 407 g/mol. The molecule has 0 saturated heterocycles. The molecule has 0 atom stereocenters. The van der Waals surface area contributed by atoms with Crippen LogP contribution < -0.4 is 4.74 Å². The van der Waals surface area contributed by atoms with Gasteiger partial charge < -0.3 is 4.74 Å². The Morgan fingerprint density at radius 3 is 2.42 bits per heavy atom. The summed E-state index contributed by atoms with van der Waals surface area (Å²) in [6, 6.07) is 24.0. The van der Waals surface area contributed by atoms with Crippen molar-refractivity contribution in [1.82, 2.24) is 4.98 Å². The van der Waals surface area contributed by atoms with E-state index in [1.165, 1.54) is 5.56 Å². The number of para-hydroxylation sites is 2. The lowest BCUT2D eigenvalue weighted by molar-refractivity contribution is 0.104. The van der Waals surface area contributed by atoms with Gasteiger partial charge in [-0.15, -0.1) is 0 Å². The molecule has 3 heteroatoms. The summed E-state index contributed by atoms with van der Waals surface area (Å²) in [4.78, 5) is 18.2. The van der Waals surface area contributed by atoms with Gasteiger partial charge in [-0.25, -0.2) is 0 Å². The van der Waals surface area contributed by atoms with Crippen molar-refractivity contribution in [2.24, 2.45) is 0 Å². The molecule has 31 heavy (non-hydrogen) atoms. The summed E-state index contributed by atoms with van der Waals surface area (Å²) in [6.07, 6.45) is 3.44. The molecular weight excluding hydrogens is 382 g/mol. The van der Waals surface area contributed by atoms with Gasteiger partial charge in [0.15, 0.2) is 5.78 Å². The van der Waals surface area contributed by atoms with E-state index in [0.717, 1.165) is 39.0 Å². The van der Waals surface area contributed by atoms with Crippen LogP contribution in [-0.4, -0.2) is 17.4 Å². The summed E-state index contributed by atoms with van der Waals surface area (Å²) < 4.78 is 5.69. The highest BCUT2D eigenvalue weighted by Crippen LogP contribution is 2.34. The van der Waals surface area contributed by atoms with E-state index in [1.807, 2.05) is 68.5 Å². The number of ketones is 1. The predicted molar refractivity (Wildman–Crippen MR) is 128 cm³/mol. The van der Waals surface area contributed by atoms with E-state index in [9.17, 15) is 4.79 Å². The maximum atomic E-state index is 13.4. The summed E-state index contributed by atoms with van der Waals surface area (Å²) >= 11 is 0. The number of carbonyl (C=O) groups excluding carboxylic acids is 1. The fraction of sp³-hybridized carbons (Fsp3) is 0.143. The lowest BCUT2D eigenvalue weighted by Crippen LogP contribution is -2.05. The number of carbonyl (C=O) groups is 1. The van der Waals surface area contributed by atoms with Crippen LogP contribution in [0.3, 0.4) is 0 Å². The molecule has 0 spiro atoms. The lowest BCUT2D eigenvalue weighted by Gasteiger charge is -2.14. The third-order valence-electron chi connectivity index (χ3n) is 5.29. The fourth-order valence-corrected chi connectivity index (χ4v) is 3.81. The second-order valence-corrected chi connectivity index (χ2v) is 7.50. The van der Waals surface area contributed by atoms with E-state index >= 15 is 0 Å². The molecule has 1 aromatic heterocycles. The van der Waals surface area contributed by atoms with Gasteiger partial charge in [-0.1, -0.05) is 66.2 Å². The highest BCUT2D eigenvalue weighted by atomic mass is 16.5. The SMILES string of the molecule is CCOc1ccccc1C=CC(=O)c1c(C)nc2ccccc2c1-c1ccc(C)cc1. The van der Waals surface area contributed by atoms with Crippen LogP contribution in [0.25, 0.3) is 28.1 Å². The number of ether oxygens (including phenoxy) is 1. The minimum absolute atomic E-state index is 0.0716. The first-order chi connectivity index (χ1) is 15.1. The molecule has 0 radical (unpaired) electrons. The largest absolute Gasteiger partial charge is 0.493 e. The minimum Gasteiger partial charge on any atom is -0.493 e. The topological polar surface area (TPSA) is 39.2 Å². The van der Waals surface area contributed by atoms with Crippen molar-refractivity contribution in [1.29, 1.82) is 0 Å². The number of nitrogens with zero attached hydrogens (tertiary/aromatic N) is 1. The predicted octanol–water partition coefficient (Wildman–Crippen LogP) is 6.81. The molecule has 0 fully saturated rings. The molecule has 0 N–H and O–H groups in total. The maximum Gasteiger partial charge on any atom is 0.188 e. The maximum absolute atomic E-state index is 13.4. The summed E-state index contributed by atoms with van der Waals surface area (Å²) in [7, 11) is 0. The van der Waals surface area contributed by atoms with E-state index in [0.29, 0.717) is 12.2 Å². The van der Waals surface area contributed by atoms with Gasteiger partial charge in [0.05, 0.1) is 17.7 Å².